The molecule has 1 atom stereocenters. The molecule has 0 bridgehead atoms. The van der Waals surface area contributed by atoms with Crippen LogP contribution in [0.15, 0.2) is 23.1 Å². The molecule has 1 aromatic rings. The normalized spacial score (nSPS) is 18.5. The highest BCUT2D eigenvalue weighted by Gasteiger charge is 2.16. The molecule has 0 saturated carbocycles. The second-order valence-corrected chi connectivity index (χ2v) is 6.82. The van der Waals surface area contributed by atoms with Gasteiger partial charge >= 0.3 is 0 Å². The van der Waals surface area contributed by atoms with Crippen molar-refractivity contribution in [3.63, 3.8) is 0 Å². The van der Waals surface area contributed by atoms with Crippen LogP contribution in [0, 0.1) is 0 Å². The Morgan fingerprint density at radius 3 is 2.79 bits per heavy atom. The van der Waals surface area contributed by atoms with Gasteiger partial charge in [-0.1, -0.05) is 24.6 Å². The van der Waals surface area contributed by atoms with Crippen molar-refractivity contribution in [2.45, 2.75) is 48.8 Å². The van der Waals surface area contributed by atoms with Crippen molar-refractivity contribution < 1.29 is 4.74 Å². The fraction of sp³-hybridized carbons (Fsp3) is 0.600. The Labute approximate surface area is 125 Å². The van der Waals surface area contributed by atoms with Crippen LogP contribution in [0.5, 0.6) is 0 Å². The van der Waals surface area contributed by atoms with E-state index >= 15 is 0 Å². The molecule has 0 spiro atoms. The van der Waals surface area contributed by atoms with Crippen LogP contribution >= 0.6 is 23.4 Å². The van der Waals surface area contributed by atoms with Crippen LogP contribution in [-0.2, 0) is 11.2 Å². The van der Waals surface area contributed by atoms with Crippen LogP contribution in [-0.4, -0.2) is 24.5 Å². The molecule has 0 amide bonds. The summed E-state index contributed by atoms with van der Waals surface area (Å²) >= 11 is 8.26. The SMILES string of the molecule is CCC(N)Cc1ccc(SC2CCOCC2)c(Cl)c1. The lowest BCUT2D eigenvalue weighted by atomic mass is 10.1. The van der Waals surface area contributed by atoms with Crippen molar-refractivity contribution in [3.8, 4) is 0 Å². The van der Waals surface area contributed by atoms with Gasteiger partial charge in [0.05, 0.1) is 5.02 Å². The average Bonchev–Trinajstić information content (AvgIpc) is 2.43. The van der Waals surface area contributed by atoms with E-state index in [1.54, 1.807) is 0 Å². The zero-order valence-electron chi connectivity index (χ0n) is 11.4. The Morgan fingerprint density at radius 2 is 2.16 bits per heavy atom. The highest BCUT2D eigenvalue weighted by Crippen LogP contribution is 2.35. The lowest BCUT2D eigenvalue weighted by Crippen LogP contribution is -2.21. The first kappa shape index (κ1) is 15.2. The van der Waals surface area contributed by atoms with Crippen molar-refractivity contribution in [1.29, 1.82) is 0 Å². The van der Waals surface area contributed by atoms with Gasteiger partial charge in [-0.25, -0.2) is 0 Å². The molecule has 0 aromatic heterocycles. The summed E-state index contributed by atoms with van der Waals surface area (Å²) in [6, 6.07) is 6.59. The van der Waals surface area contributed by atoms with Crippen LogP contribution in [0.2, 0.25) is 5.02 Å². The van der Waals surface area contributed by atoms with E-state index in [1.807, 2.05) is 11.8 Å². The number of nitrogens with two attached hydrogens (primary N) is 1. The second-order valence-electron chi connectivity index (χ2n) is 5.07. The monoisotopic (exact) mass is 299 g/mol. The lowest BCUT2D eigenvalue weighted by molar-refractivity contribution is 0.100. The van der Waals surface area contributed by atoms with E-state index in [-0.39, 0.29) is 6.04 Å². The molecule has 1 unspecified atom stereocenters. The summed E-state index contributed by atoms with van der Waals surface area (Å²) in [6.45, 7) is 3.86. The standard InChI is InChI=1S/C15H22ClNOS/c1-2-12(17)9-11-3-4-15(14(16)10-11)19-13-5-7-18-8-6-13/h3-4,10,12-13H,2,5-9,17H2,1H3. The Morgan fingerprint density at radius 1 is 1.42 bits per heavy atom. The van der Waals surface area contributed by atoms with Gasteiger partial charge in [-0.2, -0.15) is 0 Å². The highest BCUT2D eigenvalue weighted by molar-refractivity contribution is 8.00. The van der Waals surface area contributed by atoms with E-state index < -0.39 is 0 Å². The van der Waals surface area contributed by atoms with Crippen LogP contribution in [0.3, 0.4) is 0 Å². The molecule has 106 valence electrons. The van der Waals surface area contributed by atoms with Crippen LogP contribution in [0.1, 0.15) is 31.7 Å². The third-order valence-corrected chi connectivity index (χ3v) is 5.32. The summed E-state index contributed by atoms with van der Waals surface area (Å²) < 4.78 is 5.38. The first-order chi connectivity index (χ1) is 9.19. The minimum absolute atomic E-state index is 0.227. The zero-order chi connectivity index (χ0) is 13.7. The van der Waals surface area contributed by atoms with Gasteiger partial charge in [0.2, 0.25) is 0 Å². The van der Waals surface area contributed by atoms with Crippen molar-refractivity contribution in [3.05, 3.63) is 28.8 Å². The van der Waals surface area contributed by atoms with Gasteiger partial charge in [-0.05, 0) is 43.4 Å². The van der Waals surface area contributed by atoms with Gasteiger partial charge in [-0.15, -0.1) is 11.8 Å². The Hall–Kier alpha value is -0.220. The number of thioether (sulfide) groups is 1. The number of halogens is 1. The quantitative estimate of drug-likeness (QED) is 0.896. The molecular formula is C15H22ClNOS. The van der Waals surface area contributed by atoms with Crippen molar-refractivity contribution >= 4 is 23.4 Å². The molecule has 0 radical (unpaired) electrons. The first-order valence-corrected chi connectivity index (χ1v) is 8.23. The van der Waals surface area contributed by atoms with E-state index in [4.69, 9.17) is 22.1 Å². The summed E-state index contributed by atoms with van der Waals surface area (Å²) in [6.07, 6.45) is 4.13. The average molecular weight is 300 g/mol. The molecule has 4 heteroatoms. The minimum Gasteiger partial charge on any atom is -0.381 e. The van der Waals surface area contributed by atoms with Crippen molar-refractivity contribution in [1.82, 2.24) is 0 Å². The number of rotatable bonds is 5. The van der Waals surface area contributed by atoms with Gasteiger partial charge in [0, 0.05) is 29.4 Å². The molecule has 1 fully saturated rings. The summed E-state index contributed by atoms with van der Waals surface area (Å²) in [7, 11) is 0. The largest absolute Gasteiger partial charge is 0.381 e. The molecule has 1 saturated heterocycles. The predicted molar refractivity (Wildman–Crippen MR) is 83.1 cm³/mol. The van der Waals surface area contributed by atoms with Crippen molar-refractivity contribution in [2.75, 3.05) is 13.2 Å². The smallest absolute Gasteiger partial charge is 0.0544 e. The highest BCUT2D eigenvalue weighted by atomic mass is 35.5. The van der Waals surface area contributed by atoms with Crippen LogP contribution < -0.4 is 5.73 Å². The van der Waals surface area contributed by atoms with E-state index in [1.165, 1.54) is 10.5 Å². The van der Waals surface area contributed by atoms with Crippen LogP contribution in [0.25, 0.3) is 0 Å². The fourth-order valence-electron chi connectivity index (χ4n) is 2.19. The molecule has 2 rings (SSSR count). The molecule has 0 aliphatic carbocycles. The maximum Gasteiger partial charge on any atom is 0.0544 e. The first-order valence-electron chi connectivity index (χ1n) is 6.97. The van der Waals surface area contributed by atoms with E-state index in [2.05, 4.69) is 25.1 Å². The molecule has 1 aliphatic rings. The summed E-state index contributed by atoms with van der Waals surface area (Å²) in [5.41, 5.74) is 7.21. The maximum atomic E-state index is 6.38. The predicted octanol–water partition coefficient (Wildman–Crippen LogP) is 3.89. The van der Waals surface area contributed by atoms with E-state index in [0.29, 0.717) is 5.25 Å². The molecule has 2 N–H and O–H groups in total. The summed E-state index contributed by atoms with van der Waals surface area (Å²) in [5, 5.41) is 1.49. The number of hydrogen-bond donors (Lipinski definition) is 1. The molecule has 19 heavy (non-hydrogen) atoms. The molecule has 1 aromatic carbocycles. The number of benzene rings is 1. The summed E-state index contributed by atoms with van der Waals surface area (Å²) in [4.78, 5) is 1.18. The van der Waals surface area contributed by atoms with E-state index in [9.17, 15) is 0 Å². The second kappa shape index (κ2) is 7.53. The van der Waals surface area contributed by atoms with Crippen molar-refractivity contribution in [2.24, 2.45) is 5.73 Å². The minimum atomic E-state index is 0.227. The number of ether oxygens (including phenoxy) is 1. The third-order valence-electron chi connectivity index (χ3n) is 3.48. The van der Waals surface area contributed by atoms with Crippen LogP contribution in [0.4, 0.5) is 0 Å². The lowest BCUT2D eigenvalue weighted by Gasteiger charge is -2.22. The van der Waals surface area contributed by atoms with Gasteiger partial charge in [-0.3, -0.25) is 0 Å². The maximum absolute atomic E-state index is 6.38. The Bertz CT molecular complexity index is 407. The number of hydrogen-bond acceptors (Lipinski definition) is 3. The van der Waals surface area contributed by atoms with Gasteiger partial charge in [0.15, 0.2) is 0 Å². The molecule has 2 nitrogen and oxygen atoms in total. The molecule has 1 heterocycles. The van der Waals surface area contributed by atoms with E-state index in [0.717, 1.165) is 43.9 Å². The third kappa shape index (κ3) is 4.67. The molecule has 1 aliphatic heterocycles. The Kier molecular flexibility index (Phi) is 6.02. The zero-order valence-corrected chi connectivity index (χ0v) is 13.0. The Balaban J connectivity index is 1.98. The van der Waals surface area contributed by atoms with Gasteiger partial charge in [0.25, 0.3) is 0 Å². The topological polar surface area (TPSA) is 35.2 Å². The molecular weight excluding hydrogens is 278 g/mol. The van der Waals surface area contributed by atoms with Gasteiger partial charge in [0.1, 0.15) is 0 Å². The summed E-state index contributed by atoms with van der Waals surface area (Å²) in [5.74, 6) is 0. The van der Waals surface area contributed by atoms with Gasteiger partial charge < -0.3 is 10.5 Å². The fourth-order valence-corrected chi connectivity index (χ4v) is 3.63.